The smallest absolute Gasteiger partial charge is 0.137 e. The van der Waals surface area contributed by atoms with Crippen molar-refractivity contribution in [1.29, 1.82) is 0 Å². The van der Waals surface area contributed by atoms with Crippen LogP contribution in [0.15, 0.2) is 36.7 Å². The van der Waals surface area contributed by atoms with E-state index in [4.69, 9.17) is 0 Å². The van der Waals surface area contributed by atoms with Crippen molar-refractivity contribution in [1.82, 2.24) is 9.38 Å². The van der Waals surface area contributed by atoms with Gasteiger partial charge in [-0.05, 0) is 30.4 Å². The molecular weight excluding hydrogens is 192 g/mol. The number of imidazole rings is 1. The fourth-order valence-electron chi connectivity index (χ4n) is 1.35. The first-order valence-corrected chi connectivity index (χ1v) is 5.24. The molecule has 0 fully saturated rings. The average molecular weight is 204 g/mol. The lowest BCUT2D eigenvalue weighted by atomic mass is 10.3. The maximum atomic E-state index is 4.29. The van der Waals surface area contributed by atoms with E-state index >= 15 is 0 Å². The zero-order valence-corrected chi connectivity index (χ0v) is 8.69. The zero-order valence-electron chi connectivity index (χ0n) is 7.80. The second-order valence-electron chi connectivity index (χ2n) is 3.03. The van der Waals surface area contributed by atoms with Crippen molar-refractivity contribution in [2.45, 2.75) is 6.42 Å². The number of pyridine rings is 1. The van der Waals surface area contributed by atoms with Crippen LogP contribution in [0.5, 0.6) is 0 Å². The molecule has 0 atom stereocenters. The van der Waals surface area contributed by atoms with Gasteiger partial charge in [-0.15, -0.1) is 0 Å². The Morgan fingerprint density at radius 3 is 3.21 bits per heavy atom. The number of nitrogens with zero attached hydrogens (tertiary/aromatic N) is 2. The van der Waals surface area contributed by atoms with E-state index in [-0.39, 0.29) is 0 Å². The molecule has 0 aromatic carbocycles. The summed E-state index contributed by atoms with van der Waals surface area (Å²) < 4.78 is 2.06. The third-order valence-corrected chi connectivity index (χ3v) is 2.29. The summed E-state index contributed by atoms with van der Waals surface area (Å²) >= 11 is 4.15. The number of hydrogen-bond acceptors (Lipinski definition) is 2. The second kappa shape index (κ2) is 4.33. The fourth-order valence-corrected chi connectivity index (χ4v) is 1.50. The van der Waals surface area contributed by atoms with Gasteiger partial charge < -0.3 is 4.40 Å². The molecule has 2 aromatic rings. The molecule has 0 saturated carbocycles. The minimum atomic E-state index is 0.882. The average Bonchev–Trinajstić information content (AvgIpc) is 2.63. The molecule has 0 aliphatic carbocycles. The quantitative estimate of drug-likeness (QED) is 0.761. The molecule has 2 nitrogen and oxygen atoms in total. The van der Waals surface area contributed by atoms with Gasteiger partial charge in [-0.1, -0.05) is 12.1 Å². The summed E-state index contributed by atoms with van der Waals surface area (Å²) in [5.74, 6) is 0.882. The first-order valence-electron chi connectivity index (χ1n) is 4.61. The topological polar surface area (TPSA) is 17.3 Å². The van der Waals surface area contributed by atoms with E-state index in [0.29, 0.717) is 0 Å². The van der Waals surface area contributed by atoms with Crippen LogP contribution in [0, 0.1) is 0 Å². The van der Waals surface area contributed by atoms with Gasteiger partial charge >= 0.3 is 0 Å². The number of allylic oxidation sites excluding steroid dienone is 1. The van der Waals surface area contributed by atoms with Crippen molar-refractivity contribution >= 4 is 24.4 Å². The molecule has 0 N–H and O–H groups in total. The zero-order chi connectivity index (χ0) is 9.80. The Labute approximate surface area is 88.7 Å². The summed E-state index contributed by atoms with van der Waals surface area (Å²) in [5.41, 5.74) is 2.10. The summed E-state index contributed by atoms with van der Waals surface area (Å²) in [5, 5.41) is 0. The summed E-state index contributed by atoms with van der Waals surface area (Å²) in [6, 6.07) is 5.99. The van der Waals surface area contributed by atoms with Crippen LogP contribution >= 0.6 is 12.6 Å². The molecule has 0 spiro atoms. The van der Waals surface area contributed by atoms with E-state index in [1.165, 1.54) is 0 Å². The molecule has 14 heavy (non-hydrogen) atoms. The van der Waals surface area contributed by atoms with Crippen LogP contribution < -0.4 is 0 Å². The molecule has 2 heterocycles. The minimum Gasteiger partial charge on any atom is -0.300 e. The predicted molar refractivity (Wildman–Crippen MR) is 62.7 cm³/mol. The van der Waals surface area contributed by atoms with Crippen LogP contribution in [0.1, 0.15) is 12.1 Å². The molecule has 0 unspecified atom stereocenters. The third kappa shape index (κ3) is 1.82. The molecule has 0 saturated heterocycles. The first kappa shape index (κ1) is 9.34. The highest BCUT2D eigenvalue weighted by atomic mass is 32.1. The highest BCUT2D eigenvalue weighted by molar-refractivity contribution is 7.80. The fraction of sp³-hybridized carbons (Fsp3) is 0.182. The van der Waals surface area contributed by atoms with E-state index in [9.17, 15) is 0 Å². The standard InChI is InChI=1S/C11H12N2S/c14-8-4-2-5-10-9-12-11-6-1-3-7-13(10)11/h1-3,5-7,9,14H,4,8H2. The summed E-state index contributed by atoms with van der Waals surface area (Å²) in [6.45, 7) is 0. The van der Waals surface area contributed by atoms with Crippen LogP contribution in [0.4, 0.5) is 0 Å². The monoisotopic (exact) mass is 204 g/mol. The van der Waals surface area contributed by atoms with E-state index in [2.05, 4.69) is 34.2 Å². The molecule has 3 heteroatoms. The third-order valence-electron chi connectivity index (χ3n) is 2.03. The van der Waals surface area contributed by atoms with Gasteiger partial charge in [0.05, 0.1) is 11.9 Å². The van der Waals surface area contributed by atoms with Gasteiger partial charge in [-0.2, -0.15) is 12.6 Å². The molecule has 72 valence electrons. The van der Waals surface area contributed by atoms with Gasteiger partial charge in [0.15, 0.2) is 0 Å². The highest BCUT2D eigenvalue weighted by Gasteiger charge is 1.96. The Morgan fingerprint density at radius 2 is 2.36 bits per heavy atom. The molecule has 0 bridgehead atoms. The number of aromatic nitrogens is 2. The summed E-state index contributed by atoms with van der Waals surface area (Å²) in [6.07, 6.45) is 9.08. The van der Waals surface area contributed by atoms with Crippen LogP contribution in [-0.4, -0.2) is 15.1 Å². The Bertz CT molecular complexity index is 445. The number of thiol groups is 1. The van der Waals surface area contributed by atoms with Crippen molar-refractivity contribution in [3.05, 3.63) is 42.4 Å². The molecule has 2 rings (SSSR count). The van der Waals surface area contributed by atoms with Gasteiger partial charge in [0.1, 0.15) is 5.65 Å². The van der Waals surface area contributed by atoms with E-state index in [1.807, 2.05) is 30.6 Å². The lowest BCUT2D eigenvalue weighted by molar-refractivity contribution is 1.16. The predicted octanol–water partition coefficient (Wildman–Crippen LogP) is 2.67. The molecule has 2 aromatic heterocycles. The Hall–Kier alpha value is -1.22. The lowest BCUT2D eigenvalue weighted by Gasteiger charge is -1.94. The normalized spacial score (nSPS) is 11.5. The van der Waals surface area contributed by atoms with Crippen molar-refractivity contribution in [2.75, 3.05) is 5.75 Å². The lowest BCUT2D eigenvalue weighted by Crippen LogP contribution is -1.84. The van der Waals surface area contributed by atoms with Crippen molar-refractivity contribution in [3.63, 3.8) is 0 Å². The van der Waals surface area contributed by atoms with Crippen LogP contribution in [0.2, 0.25) is 0 Å². The second-order valence-corrected chi connectivity index (χ2v) is 3.47. The molecule has 0 radical (unpaired) electrons. The first-order chi connectivity index (χ1) is 6.92. The van der Waals surface area contributed by atoms with E-state index in [1.54, 1.807) is 0 Å². The van der Waals surface area contributed by atoms with Crippen molar-refractivity contribution in [3.8, 4) is 0 Å². The maximum Gasteiger partial charge on any atom is 0.137 e. The molecule has 0 amide bonds. The maximum absolute atomic E-state index is 4.29. The SMILES string of the molecule is SCCC=Cc1cnc2ccccn12. The summed E-state index contributed by atoms with van der Waals surface area (Å²) in [4.78, 5) is 4.29. The van der Waals surface area contributed by atoms with Gasteiger partial charge in [-0.25, -0.2) is 4.98 Å². The summed E-state index contributed by atoms with van der Waals surface area (Å²) in [7, 11) is 0. The Balaban J connectivity index is 2.34. The van der Waals surface area contributed by atoms with E-state index < -0.39 is 0 Å². The van der Waals surface area contributed by atoms with E-state index in [0.717, 1.165) is 23.5 Å². The van der Waals surface area contributed by atoms with Crippen LogP contribution in [-0.2, 0) is 0 Å². The molecule has 0 aliphatic heterocycles. The van der Waals surface area contributed by atoms with Crippen molar-refractivity contribution in [2.24, 2.45) is 0 Å². The highest BCUT2D eigenvalue weighted by Crippen LogP contribution is 2.07. The number of fused-ring (bicyclic) bond motifs is 1. The van der Waals surface area contributed by atoms with Gasteiger partial charge in [0, 0.05) is 6.20 Å². The molecular formula is C11H12N2S. The van der Waals surface area contributed by atoms with Crippen LogP contribution in [0.25, 0.3) is 11.7 Å². The number of hydrogen-bond donors (Lipinski definition) is 1. The van der Waals surface area contributed by atoms with Gasteiger partial charge in [0.2, 0.25) is 0 Å². The molecule has 0 aliphatic rings. The van der Waals surface area contributed by atoms with Gasteiger partial charge in [0.25, 0.3) is 0 Å². The number of rotatable bonds is 3. The minimum absolute atomic E-state index is 0.882. The van der Waals surface area contributed by atoms with Crippen LogP contribution in [0.3, 0.4) is 0 Å². The Kier molecular flexibility index (Phi) is 2.89. The largest absolute Gasteiger partial charge is 0.300 e. The Morgan fingerprint density at radius 1 is 1.43 bits per heavy atom. The van der Waals surface area contributed by atoms with Gasteiger partial charge in [-0.3, -0.25) is 0 Å². The van der Waals surface area contributed by atoms with Crippen molar-refractivity contribution < 1.29 is 0 Å².